The van der Waals surface area contributed by atoms with Crippen LogP contribution in [0.4, 0.5) is 0 Å². The molecule has 1 aromatic heterocycles. The minimum absolute atomic E-state index is 0.808. The van der Waals surface area contributed by atoms with Gasteiger partial charge in [0.15, 0.2) is 0 Å². The van der Waals surface area contributed by atoms with Crippen LogP contribution >= 0.6 is 0 Å². The van der Waals surface area contributed by atoms with Gasteiger partial charge in [-0.1, -0.05) is 38.7 Å². The van der Waals surface area contributed by atoms with Gasteiger partial charge in [0.05, 0.1) is 12.1 Å². The first-order chi connectivity index (χ1) is 8.90. The highest BCUT2D eigenvalue weighted by molar-refractivity contribution is 5.79. The smallest absolute Gasteiger partial charge is 0.121 e. The quantitative estimate of drug-likeness (QED) is 0.664. The van der Waals surface area contributed by atoms with Crippen LogP contribution in [-0.2, 0) is 0 Å². The van der Waals surface area contributed by atoms with Crippen molar-refractivity contribution in [1.29, 1.82) is 0 Å². The van der Waals surface area contributed by atoms with E-state index in [0.29, 0.717) is 0 Å². The molecule has 2 aromatic rings. The lowest BCUT2D eigenvalue weighted by Gasteiger charge is -2.06. The highest BCUT2D eigenvalue weighted by Gasteiger charge is 1.98. The lowest BCUT2D eigenvalue weighted by molar-refractivity contribution is 0.305. The van der Waals surface area contributed by atoms with Gasteiger partial charge in [-0.25, -0.2) is 0 Å². The van der Waals surface area contributed by atoms with Crippen LogP contribution in [0.2, 0.25) is 0 Å². The summed E-state index contributed by atoms with van der Waals surface area (Å²) in [6.07, 6.45) is 8.16. The average Bonchev–Trinajstić information content (AvgIpc) is 2.42. The van der Waals surface area contributed by atoms with Crippen LogP contribution in [0.25, 0.3) is 10.9 Å². The second kappa shape index (κ2) is 7.00. The predicted molar refractivity (Wildman–Crippen MR) is 76.0 cm³/mol. The minimum Gasteiger partial charge on any atom is -0.494 e. The van der Waals surface area contributed by atoms with Crippen molar-refractivity contribution in [3.63, 3.8) is 0 Å². The Morgan fingerprint density at radius 2 is 1.94 bits per heavy atom. The average molecular weight is 243 g/mol. The molecule has 2 rings (SSSR count). The third-order valence-electron chi connectivity index (χ3n) is 3.09. The fraction of sp³-hybridized carbons (Fsp3) is 0.438. The second-order valence-electron chi connectivity index (χ2n) is 4.62. The van der Waals surface area contributed by atoms with Gasteiger partial charge in [-0.15, -0.1) is 0 Å². The lowest BCUT2D eigenvalue weighted by Crippen LogP contribution is -1.97. The predicted octanol–water partition coefficient (Wildman–Crippen LogP) is 4.58. The molecule has 0 bridgehead atoms. The number of ether oxygens (including phenoxy) is 1. The molecule has 0 amide bonds. The molecule has 1 heterocycles. The van der Waals surface area contributed by atoms with E-state index in [9.17, 15) is 0 Å². The second-order valence-corrected chi connectivity index (χ2v) is 4.62. The lowest BCUT2D eigenvalue weighted by atomic mass is 10.2. The number of rotatable bonds is 7. The summed E-state index contributed by atoms with van der Waals surface area (Å²) in [5, 5.41) is 1.16. The van der Waals surface area contributed by atoms with Gasteiger partial charge in [-0.3, -0.25) is 4.98 Å². The maximum Gasteiger partial charge on any atom is 0.121 e. The summed E-state index contributed by atoms with van der Waals surface area (Å²) in [6.45, 7) is 3.04. The highest BCUT2D eigenvalue weighted by Crippen LogP contribution is 2.19. The fourth-order valence-corrected chi connectivity index (χ4v) is 2.03. The zero-order valence-corrected chi connectivity index (χ0v) is 11.1. The van der Waals surface area contributed by atoms with Crippen LogP contribution < -0.4 is 4.74 Å². The van der Waals surface area contributed by atoms with Gasteiger partial charge in [-0.05, 0) is 24.6 Å². The summed E-state index contributed by atoms with van der Waals surface area (Å²) >= 11 is 0. The first-order valence-electron chi connectivity index (χ1n) is 6.88. The Morgan fingerprint density at radius 1 is 1.06 bits per heavy atom. The molecule has 0 unspecified atom stereocenters. The molecule has 18 heavy (non-hydrogen) atoms. The van der Waals surface area contributed by atoms with Crippen LogP contribution in [0.5, 0.6) is 5.75 Å². The Hall–Kier alpha value is -1.57. The molecule has 2 heteroatoms. The van der Waals surface area contributed by atoms with E-state index in [2.05, 4.69) is 24.0 Å². The van der Waals surface area contributed by atoms with Gasteiger partial charge in [-0.2, -0.15) is 0 Å². The van der Waals surface area contributed by atoms with Crippen molar-refractivity contribution < 1.29 is 4.74 Å². The van der Waals surface area contributed by atoms with Crippen molar-refractivity contribution in [3.05, 3.63) is 36.5 Å². The van der Waals surface area contributed by atoms with Gasteiger partial charge in [0.2, 0.25) is 0 Å². The molecule has 1 aromatic carbocycles. The van der Waals surface area contributed by atoms with E-state index in [4.69, 9.17) is 4.74 Å². The van der Waals surface area contributed by atoms with Crippen LogP contribution in [0.3, 0.4) is 0 Å². The molecule has 0 atom stereocenters. The van der Waals surface area contributed by atoms with E-state index in [1.165, 1.54) is 25.7 Å². The standard InChI is InChI=1S/C16H21NO/c1-2-3-4-5-6-12-18-15-10-9-14-8-7-11-17-16(14)13-15/h7-11,13H,2-6,12H2,1H3. The maximum absolute atomic E-state index is 5.75. The number of aromatic nitrogens is 1. The Bertz CT molecular complexity index is 481. The van der Waals surface area contributed by atoms with Gasteiger partial charge >= 0.3 is 0 Å². The molecule has 0 saturated carbocycles. The van der Waals surface area contributed by atoms with Crippen molar-refractivity contribution >= 4 is 10.9 Å². The number of hydrogen-bond acceptors (Lipinski definition) is 2. The first kappa shape index (κ1) is 12.9. The number of unbranched alkanes of at least 4 members (excludes halogenated alkanes) is 4. The monoisotopic (exact) mass is 243 g/mol. The van der Waals surface area contributed by atoms with Crippen molar-refractivity contribution in [2.24, 2.45) is 0 Å². The van der Waals surface area contributed by atoms with Crippen molar-refractivity contribution in [1.82, 2.24) is 4.98 Å². The summed E-state index contributed by atoms with van der Waals surface area (Å²) in [6, 6.07) is 10.1. The number of benzene rings is 1. The van der Waals surface area contributed by atoms with Crippen LogP contribution in [0.15, 0.2) is 36.5 Å². The molecule has 0 spiro atoms. The Morgan fingerprint density at radius 3 is 2.83 bits per heavy atom. The fourth-order valence-electron chi connectivity index (χ4n) is 2.03. The molecule has 0 aliphatic rings. The summed E-state index contributed by atoms with van der Waals surface area (Å²) in [7, 11) is 0. The number of pyridine rings is 1. The molecular weight excluding hydrogens is 222 g/mol. The van der Waals surface area contributed by atoms with E-state index in [1.807, 2.05) is 24.4 Å². The van der Waals surface area contributed by atoms with Crippen LogP contribution in [-0.4, -0.2) is 11.6 Å². The van der Waals surface area contributed by atoms with Gasteiger partial charge in [0, 0.05) is 17.6 Å². The molecule has 96 valence electrons. The number of fused-ring (bicyclic) bond motifs is 1. The normalized spacial score (nSPS) is 10.7. The topological polar surface area (TPSA) is 22.1 Å². The summed E-state index contributed by atoms with van der Waals surface area (Å²) in [5.41, 5.74) is 1.00. The summed E-state index contributed by atoms with van der Waals surface area (Å²) < 4.78 is 5.75. The van der Waals surface area contributed by atoms with Crippen LogP contribution in [0.1, 0.15) is 39.0 Å². The molecule has 2 nitrogen and oxygen atoms in total. The Kier molecular flexibility index (Phi) is 5.00. The van der Waals surface area contributed by atoms with Gasteiger partial charge in [0.1, 0.15) is 5.75 Å². The first-order valence-corrected chi connectivity index (χ1v) is 6.88. The van der Waals surface area contributed by atoms with E-state index in [1.54, 1.807) is 0 Å². The largest absolute Gasteiger partial charge is 0.494 e. The van der Waals surface area contributed by atoms with E-state index >= 15 is 0 Å². The molecule has 0 aliphatic carbocycles. The zero-order valence-electron chi connectivity index (χ0n) is 11.1. The summed E-state index contributed by atoms with van der Waals surface area (Å²) in [4.78, 5) is 4.33. The Balaban J connectivity index is 1.81. The third-order valence-corrected chi connectivity index (χ3v) is 3.09. The molecule has 0 N–H and O–H groups in total. The third kappa shape index (κ3) is 3.73. The summed E-state index contributed by atoms with van der Waals surface area (Å²) in [5.74, 6) is 0.927. The Labute approximate surface area is 109 Å². The van der Waals surface area contributed by atoms with Crippen molar-refractivity contribution in [3.8, 4) is 5.75 Å². The minimum atomic E-state index is 0.808. The highest BCUT2D eigenvalue weighted by atomic mass is 16.5. The molecule has 0 radical (unpaired) electrons. The molecular formula is C16H21NO. The molecule has 0 fully saturated rings. The van der Waals surface area contributed by atoms with Crippen LogP contribution in [0, 0.1) is 0 Å². The van der Waals surface area contributed by atoms with Gasteiger partial charge < -0.3 is 4.74 Å². The van der Waals surface area contributed by atoms with Crippen molar-refractivity contribution in [2.45, 2.75) is 39.0 Å². The molecule has 0 saturated heterocycles. The number of nitrogens with zero attached hydrogens (tertiary/aromatic N) is 1. The van der Waals surface area contributed by atoms with E-state index < -0.39 is 0 Å². The SMILES string of the molecule is CCCCCCCOc1ccc2cccnc2c1. The zero-order chi connectivity index (χ0) is 12.6. The van der Waals surface area contributed by atoms with Gasteiger partial charge in [0.25, 0.3) is 0 Å². The van der Waals surface area contributed by atoms with Crippen molar-refractivity contribution in [2.75, 3.05) is 6.61 Å². The molecule has 0 aliphatic heterocycles. The van der Waals surface area contributed by atoms with E-state index in [-0.39, 0.29) is 0 Å². The van der Waals surface area contributed by atoms with E-state index in [0.717, 1.165) is 29.7 Å². The number of hydrogen-bond donors (Lipinski definition) is 0. The maximum atomic E-state index is 5.75.